The lowest BCUT2D eigenvalue weighted by Gasteiger charge is -2.22. The van der Waals surface area contributed by atoms with E-state index in [1.165, 1.54) is 0 Å². The van der Waals surface area contributed by atoms with E-state index < -0.39 is 18.6 Å². The summed E-state index contributed by atoms with van der Waals surface area (Å²) in [5, 5.41) is 10.2. The maximum atomic E-state index is 13.4. The van der Waals surface area contributed by atoms with Crippen molar-refractivity contribution in [3.8, 4) is 0 Å². The van der Waals surface area contributed by atoms with E-state index in [0.717, 1.165) is 5.39 Å². The standard InChI is InChI=1S/C13H13F2NO/c14-13(15,8-17)12(16)11-7-3-5-9-4-1-2-6-10(9)11/h1-7,12,17H,8,16H2/t12-/m1/s1. The van der Waals surface area contributed by atoms with Crippen LogP contribution in [-0.4, -0.2) is 17.6 Å². The fourth-order valence-corrected chi connectivity index (χ4v) is 1.85. The van der Waals surface area contributed by atoms with Gasteiger partial charge in [-0.25, -0.2) is 8.78 Å². The molecule has 2 aromatic carbocycles. The zero-order chi connectivity index (χ0) is 12.5. The third-order valence-corrected chi connectivity index (χ3v) is 2.82. The summed E-state index contributed by atoms with van der Waals surface area (Å²) in [6, 6.07) is 10.8. The molecule has 0 radical (unpaired) electrons. The number of alkyl halides is 2. The van der Waals surface area contributed by atoms with Gasteiger partial charge >= 0.3 is 0 Å². The Morgan fingerprint density at radius 2 is 1.76 bits per heavy atom. The SMILES string of the molecule is N[C@H](c1cccc2ccccc12)C(F)(F)CO. The zero-order valence-electron chi connectivity index (χ0n) is 9.11. The summed E-state index contributed by atoms with van der Waals surface area (Å²) < 4.78 is 26.8. The Balaban J connectivity index is 2.56. The van der Waals surface area contributed by atoms with Crippen molar-refractivity contribution in [1.82, 2.24) is 0 Å². The summed E-state index contributed by atoms with van der Waals surface area (Å²) in [5.74, 6) is -3.32. The Kier molecular flexibility index (Phi) is 3.09. The number of hydrogen-bond acceptors (Lipinski definition) is 2. The second-order valence-electron chi connectivity index (χ2n) is 3.97. The van der Waals surface area contributed by atoms with Gasteiger partial charge < -0.3 is 10.8 Å². The van der Waals surface area contributed by atoms with Crippen LogP contribution in [0.3, 0.4) is 0 Å². The summed E-state index contributed by atoms with van der Waals surface area (Å²) in [5.41, 5.74) is 5.89. The van der Waals surface area contributed by atoms with Crippen molar-refractivity contribution in [3.05, 3.63) is 48.0 Å². The van der Waals surface area contributed by atoms with Crippen LogP contribution in [0.2, 0.25) is 0 Å². The first-order valence-electron chi connectivity index (χ1n) is 5.28. The second kappa shape index (κ2) is 4.39. The maximum absolute atomic E-state index is 13.4. The minimum absolute atomic E-state index is 0.349. The quantitative estimate of drug-likeness (QED) is 0.861. The monoisotopic (exact) mass is 237 g/mol. The molecule has 0 aromatic heterocycles. The van der Waals surface area contributed by atoms with Crippen LogP contribution in [0.25, 0.3) is 10.8 Å². The van der Waals surface area contributed by atoms with E-state index in [4.69, 9.17) is 10.8 Å². The van der Waals surface area contributed by atoms with E-state index in [2.05, 4.69) is 0 Å². The van der Waals surface area contributed by atoms with Crippen LogP contribution < -0.4 is 5.73 Å². The van der Waals surface area contributed by atoms with Crippen LogP contribution in [-0.2, 0) is 0 Å². The predicted octanol–water partition coefficient (Wildman–Crippen LogP) is 2.47. The molecule has 0 fully saturated rings. The van der Waals surface area contributed by atoms with Gasteiger partial charge in [0.2, 0.25) is 0 Å². The normalized spacial score (nSPS) is 13.9. The Morgan fingerprint density at radius 3 is 2.47 bits per heavy atom. The fourth-order valence-electron chi connectivity index (χ4n) is 1.85. The molecule has 2 rings (SSSR count). The van der Waals surface area contributed by atoms with Crippen molar-refractivity contribution in [2.75, 3.05) is 6.61 Å². The lowest BCUT2D eigenvalue weighted by atomic mass is 9.95. The first-order chi connectivity index (χ1) is 8.06. The number of fused-ring (bicyclic) bond motifs is 1. The molecular weight excluding hydrogens is 224 g/mol. The molecule has 2 nitrogen and oxygen atoms in total. The molecular formula is C13H13F2NO. The van der Waals surface area contributed by atoms with Crippen molar-refractivity contribution < 1.29 is 13.9 Å². The molecule has 0 aliphatic carbocycles. The van der Waals surface area contributed by atoms with E-state index >= 15 is 0 Å². The number of benzene rings is 2. The number of aliphatic hydroxyl groups is 1. The summed E-state index contributed by atoms with van der Waals surface area (Å²) in [4.78, 5) is 0. The molecule has 1 atom stereocenters. The van der Waals surface area contributed by atoms with Crippen LogP contribution >= 0.6 is 0 Å². The van der Waals surface area contributed by atoms with Gasteiger partial charge in [0.15, 0.2) is 0 Å². The predicted molar refractivity (Wildman–Crippen MR) is 62.9 cm³/mol. The topological polar surface area (TPSA) is 46.2 Å². The van der Waals surface area contributed by atoms with E-state index in [0.29, 0.717) is 10.9 Å². The molecule has 0 amide bonds. The highest BCUT2D eigenvalue weighted by atomic mass is 19.3. The fraction of sp³-hybridized carbons (Fsp3) is 0.231. The first-order valence-corrected chi connectivity index (χ1v) is 5.28. The van der Waals surface area contributed by atoms with Gasteiger partial charge in [-0.05, 0) is 16.3 Å². The average Bonchev–Trinajstić information content (AvgIpc) is 2.37. The van der Waals surface area contributed by atoms with Gasteiger partial charge in [0.1, 0.15) is 6.61 Å². The Bertz CT molecular complexity index is 522. The molecule has 0 heterocycles. The summed E-state index contributed by atoms with van der Waals surface area (Å²) >= 11 is 0. The molecule has 0 spiro atoms. The molecule has 17 heavy (non-hydrogen) atoms. The van der Waals surface area contributed by atoms with Gasteiger partial charge in [-0.1, -0.05) is 42.5 Å². The first kappa shape index (κ1) is 12.0. The molecule has 0 saturated carbocycles. The lowest BCUT2D eigenvalue weighted by molar-refractivity contribution is -0.0708. The van der Waals surface area contributed by atoms with Crippen molar-refractivity contribution in [1.29, 1.82) is 0 Å². The Hall–Kier alpha value is -1.52. The Labute approximate surface area is 97.7 Å². The molecule has 3 N–H and O–H groups in total. The molecule has 90 valence electrons. The van der Waals surface area contributed by atoms with Gasteiger partial charge in [-0.2, -0.15) is 0 Å². The molecule has 0 bridgehead atoms. The van der Waals surface area contributed by atoms with Crippen LogP contribution in [0.4, 0.5) is 8.78 Å². The highest BCUT2D eigenvalue weighted by molar-refractivity contribution is 5.86. The summed E-state index contributed by atoms with van der Waals surface area (Å²) in [6.45, 7) is -1.25. The van der Waals surface area contributed by atoms with Crippen LogP contribution in [0.5, 0.6) is 0 Å². The average molecular weight is 237 g/mol. The summed E-state index contributed by atoms with van der Waals surface area (Å²) in [6.07, 6.45) is 0. The maximum Gasteiger partial charge on any atom is 0.289 e. The smallest absolute Gasteiger partial charge is 0.289 e. The van der Waals surface area contributed by atoms with Crippen molar-refractivity contribution in [2.45, 2.75) is 12.0 Å². The number of aliphatic hydroxyl groups excluding tert-OH is 1. The van der Waals surface area contributed by atoms with Crippen LogP contribution in [0, 0.1) is 0 Å². The highest BCUT2D eigenvalue weighted by Gasteiger charge is 2.37. The van der Waals surface area contributed by atoms with Gasteiger partial charge in [0.25, 0.3) is 5.92 Å². The van der Waals surface area contributed by atoms with Gasteiger partial charge in [0, 0.05) is 0 Å². The van der Waals surface area contributed by atoms with Crippen LogP contribution in [0.1, 0.15) is 11.6 Å². The van der Waals surface area contributed by atoms with Crippen molar-refractivity contribution in [2.24, 2.45) is 5.73 Å². The zero-order valence-corrected chi connectivity index (χ0v) is 9.11. The van der Waals surface area contributed by atoms with Gasteiger partial charge in [-0.15, -0.1) is 0 Å². The number of halogens is 2. The van der Waals surface area contributed by atoms with Crippen molar-refractivity contribution >= 4 is 10.8 Å². The highest BCUT2D eigenvalue weighted by Crippen LogP contribution is 2.32. The number of nitrogens with two attached hydrogens (primary N) is 1. The minimum atomic E-state index is -3.32. The van der Waals surface area contributed by atoms with Gasteiger partial charge in [-0.3, -0.25) is 0 Å². The molecule has 0 aliphatic rings. The van der Waals surface area contributed by atoms with E-state index in [1.807, 2.05) is 18.2 Å². The van der Waals surface area contributed by atoms with E-state index in [1.54, 1.807) is 24.3 Å². The van der Waals surface area contributed by atoms with Crippen molar-refractivity contribution in [3.63, 3.8) is 0 Å². The second-order valence-corrected chi connectivity index (χ2v) is 3.97. The number of rotatable bonds is 3. The third kappa shape index (κ3) is 2.14. The molecule has 0 saturated heterocycles. The summed E-state index contributed by atoms with van der Waals surface area (Å²) in [7, 11) is 0. The molecule has 2 aromatic rings. The van der Waals surface area contributed by atoms with Crippen LogP contribution in [0.15, 0.2) is 42.5 Å². The molecule has 4 heteroatoms. The molecule has 0 unspecified atom stereocenters. The third-order valence-electron chi connectivity index (χ3n) is 2.82. The largest absolute Gasteiger partial charge is 0.390 e. The lowest BCUT2D eigenvalue weighted by Crippen LogP contribution is -2.36. The van der Waals surface area contributed by atoms with E-state index in [9.17, 15) is 8.78 Å². The molecule has 0 aliphatic heterocycles. The minimum Gasteiger partial charge on any atom is -0.390 e. The number of hydrogen-bond donors (Lipinski definition) is 2. The Morgan fingerprint density at radius 1 is 1.12 bits per heavy atom. The van der Waals surface area contributed by atoms with Gasteiger partial charge in [0.05, 0.1) is 6.04 Å². The van der Waals surface area contributed by atoms with E-state index in [-0.39, 0.29) is 0 Å².